The number of benzene rings is 1. The number of hydrogen-bond acceptors (Lipinski definition) is 2. The molecule has 0 radical (unpaired) electrons. The zero-order chi connectivity index (χ0) is 14.7. The first-order chi connectivity index (χ1) is 9.54. The van der Waals surface area contributed by atoms with Crippen LogP contribution >= 0.6 is 0 Å². The summed E-state index contributed by atoms with van der Waals surface area (Å²) in [4.78, 5) is 26.5. The number of H-pyrrole nitrogens is 1. The molecule has 1 heterocycles. The fourth-order valence-electron chi connectivity index (χ4n) is 2.16. The van der Waals surface area contributed by atoms with Gasteiger partial charge in [0.2, 0.25) is 0 Å². The predicted molar refractivity (Wildman–Crippen MR) is 76.6 cm³/mol. The van der Waals surface area contributed by atoms with E-state index in [1.54, 1.807) is 6.20 Å². The average molecular weight is 274 g/mol. The molecular weight excluding hydrogens is 256 g/mol. The third-order valence-corrected chi connectivity index (χ3v) is 3.60. The van der Waals surface area contributed by atoms with Crippen LogP contribution in [0.4, 0.5) is 0 Å². The summed E-state index contributed by atoms with van der Waals surface area (Å²) >= 11 is 0. The van der Waals surface area contributed by atoms with Gasteiger partial charge in [-0.3, -0.25) is 4.79 Å². The molecule has 0 spiro atoms. The van der Waals surface area contributed by atoms with Crippen molar-refractivity contribution in [1.82, 2.24) is 10.3 Å². The Kier molecular flexibility index (Phi) is 4.08. The highest BCUT2D eigenvalue weighted by Gasteiger charge is 2.26. The van der Waals surface area contributed by atoms with Crippen LogP contribution in [0, 0.1) is 5.92 Å². The number of carbonyl (C=O) groups excluding carboxylic acids is 1. The predicted octanol–water partition coefficient (Wildman–Crippen LogP) is 2.40. The first-order valence-electron chi connectivity index (χ1n) is 6.64. The van der Waals surface area contributed by atoms with Crippen molar-refractivity contribution in [2.45, 2.75) is 26.3 Å². The van der Waals surface area contributed by atoms with E-state index in [0.717, 1.165) is 10.9 Å². The van der Waals surface area contributed by atoms with Crippen molar-refractivity contribution in [3.8, 4) is 0 Å². The molecule has 1 amide bonds. The summed E-state index contributed by atoms with van der Waals surface area (Å²) in [5.74, 6) is -1.50. The third kappa shape index (κ3) is 2.66. The van der Waals surface area contributed by atoms with Gasteiger partial charge >= 0.3 is 5.97 Å². The number of aliphatic carboxylic acids is 1. The van der Waals surface area contributed by atoms with Crippen LogP contribution in [-0.4, -0.2) is 28.0 Å². The second-order valence-electron chi connectivity index (χ2n) is 4.92. The minimum Gasteiger partial charge on any atom is -0.480 e. The quantitative estimate of drug-likeness (QED) is 0.783. The van der Waals surface area contributed by atoms with Crippen LogP contribution < -0.4 is 5.32 Å². The zero-order valence-electron chi connectivity index (χ0n) is 11.5. The Labute approximate surface area is 117 Å². The van der Waals surface area contributed by atoms with Gasteiger partial charge in [-0.2, -0.15) is 0 Å². The molecular formula is C15H18N2O3. The summed E-state index contributed by atoms with van der Waals surface area (Å²) in [6.07, 6.45) is 2.29. The number of rotatable bonds is 5. The van der Waals surface area contributed by atoms with Gasteiger partial charge in [0.15, 0.2) is 0 Å². The van der Waals surface area contributed by atoms with Gasteiger partial charge in [0.25, 0.3) is 5.91 Å². The number of carbonyl (C=O) groups is 2. The van der Waals surface area contributed by atoms with Gasteiger partial charge in [-0.25, -0.2) is 4.79 Å². The molecule has 1 aromatic carbocycles. The number of aromatic amines is 1. The second kappa shape index (κ2) is 5.77. The Morgan fingerprint density at radius 2 is 2.05 bits per heavy atom. The highest BCUT2D eigenvalue weighted by Crippen LogP contribution is 2.18. The molecule has 20 heavy (non-hydrogen) atoms. The van der Waals surface area contributed by atoms with Crippen molar-refractivity contribution in [2.24, 2.45) is 5.92 Å². The van der Waals surface area contributed by atoms with Gasteiger partial charge in [0, 0.05) is 17.1 Å². The average Bonchev–Trinajstić information content (AvgIpc) is 2.87. The van der Waals surface area contributed by atoms with Crippen molar-refractivity contribution < 1.29 is 14.7 Å². The number of fused-ring (bicyclic) bond motifs is 1. The molecule has 2 rings (SSSR count). The van der Waals surface area contributed by atoms with Crippen LogP contribution in [0.15, 0.2) is 30.5 Å². The van der Waals surface area contributed by atoms with Crippen LogP contribution in [0.25, 0.3) is 10.9 Å². The SMILES string of the molecule is CCC(C)[C@H](NC(=O)c1c[nH]c2ccccc12)C(=O)O. The number of carboxylic acids is 1. The van der Waals surface area contributed by atoms with Crippen LogP contribution in [-0.2, 0) is 4.79 Å². The van der Waals surface area contributed by atoms with E-state index in [4.69, 9.17) is 0 Å². The maximum Gasteiger partial charge on any atom is 0.326 e. The normalized spacial score (nSPS) is 13.9. The van der Waals surface area contributed by atoms with Crippen LogP contribution in [0.3, 0.4) is 0 Å². The van der Waals surface area contributed by atoms with Crippen molar-refractivity contribution in [1.29, 1.82) is 0 Å². The molecule has 5 heteroatoms. The van der Waals surface area contributed by atoms with Crippen molar-refractivity contribution in [3.63, 3.8) is 0 Å². The molecule has 2 atom stereocenters. The smallest absolute Gasteiger partial charge is 0.326 e. The van der Waals surface area contributed by atoms with E-state index in [0.29, 0.717) is 12.0 Å². The largest absolute Gasteiger partial charge is 0.480 e. The summed E-state index contributed by atoms with van der Waals surface area (Å²) in [6, 6.07) is 6.55. The number of nitrogens with one attached hydrogen (secondary N) is 2. The van der Waals surface area contributed by atoms with E-state index >= 15 is 0 Å². The van der Waals surface area contributed by atoms with Gasteiger partial charge in [0.05, 0.1) is 5.56 Å². The van der Waals surface area contributed by atoms with Gasteiger partial charge in [-0.1, -0.05) is 38.5 Å². The highest BCUT2D eigenvalue weighted by molar-refractivity contribution is 6.07. The molecule has 0 bridgehead atoms. The molecule has 0 aliphatic rings. The molecule has 0 saturated carbocycles. The number of amides is 1. The van der Waals surface area contributed by atoms with Crippen LogP contribution in [0.1, 0.15) is 30.6 Å². The van der Waals surface area contributed by atoms with Crippen LogP contribution in [0.2, 0.25) is 0 Å². The highest BCUT2D eigenvalue weighted by atomic mass is 16.4. The topological polar surface area (TPSA) is 82.2 Å². The molecule has 0 fully saturated rings. The molecule has 5 nitrogen and oxygen atoms in total. The fraction of sp³-hybridized carbons (Fsp3) is 0.333. The number of hydrogen-bond donors (Lipinski definition) is 3. The van der Waals surface area contributed by atoms with Gasteiger partial charge in [0.1, 0.15) is 6.04 Å². The van der Waals surface area contributed by atoms with Crippen LogP contribution in [0.5, 0.6) is 0 Å². The van der Waals surface area contributed by atoms with E-state index < -0.39 is 12.0 Å². The molecule has 1 aromatic heterocycles. The first kappa shape index (κ1) is 14.1. The Bertz CT molecular complexity index is 633. The molecule has 0 aliphatic carbocycles. The van der Waals surface area contributed by atoms with Gasteiger partial charge < -0.3 is 15.4 Å². The lowest BCUT2D eigenvalue weighted by molar-refractivity contribution is -0.140. The monoisotopic (exact) mass is 274 g/mol. The minimum atomic E-state index is -1.01. The Morgan fingerprint density at radius 3 is 2.70 bits per heavy atom. The van der Waals surface area contributed by atoms with E-state index in [1.165, 1.54) is 0 Å². The van der Waals surface area contributed by atoms with E-state index in [2.05, 4.69) is 10.3 Å². The lowest BCUT2D eigenvalue weighted by atomic mass is 9.99. The number of aromatic nitrogens is 1. The Morgan fingerprint density at radius 1 is 1.35 bits per heavy atom. The summed E-state index contributed by atoms with van der Waals surface area (Å²) in [5.41, 5.74) is 1.32. The summed E-state index contributed by atoms with van der Waals surface area (Å²) in [7, 11) is 0. The van der Waals surface area contributed by atoms with Crippen molar-refractivity contribution in [2.75, 3.05) is 0 Å². The molecule has 3 N–H and O–H groups in total. The van der Waals surface area contributed by atoms with Gasteiger partial charge in [-0.05, 0) is 12.0 Å². The Hall–Kier alpha value is -2.30. The zero-order valence-corrected chi connectivity index (χ0v) is 11.5. The third-order valence-electron chi connectivity index (χ3n) is 3.60. The molecule has 106 valence electrons. The molecule has 2 aromatic rings. The minimum absolute atomic E-state index is 0.123. The summed E-state index contributed by atoms with van der Waals surface area (Å²) in [5, 5.41) is 12.6. The van der Waals surface area contributed by atoms with E-state index in [-0.39, 0.29) is 11.8 Å². The van der Waals surface area contributed by atoms with E-state index in [9.17, 15) is 14.7 Å². The maximum absolute atomic E-state index is 12.3. The lowest BCUT2D eigenvalue weighted by Crippen LogP contribution is -2.44. The summed E-state index contributed by atoms with van der Waals surface area (Å²) in [6.45, 7) is 3.72. The molecule has 0 saturated heterocycles. The maximum atomic E-state index is 12.3. The first-order valence-corrected chi connectivity index (χ1v) is 6.64. The van der Waals surface area contributed by atoms with Crippen molar-refractivity contribution >= 4 is 22.8 Å². The van der Waals surface area contributed by atoms with Gasteiger partial charge in [-0.15, -0.1) is 0 Å². The lowest BCUT2D eigenvalue weighted by Gasteiger charge is -2.19. The number of carboxylic acid groups (broad SMARTS) is 1. The van der Waals surface area contributed by atoms with Crippen molar-refractivity contribution in [3.05, 3.63) is 36.0 Å². The number of para-hydroxylation sites is 1. The standard InChI is InChI=1S/C15H18N2O3/c1-3-9(2)13(15(19)20)17-14(18)11-8-16-12-7-5-4-6-10(11)12/h4-9,13,16H,3H2,1-2H3,(H,17,18)(H,19,20)/t9?,13-/m0/s1. The summed E-state index contributed by atoms with van der Waals surface area (Å²) < 4.78 is 0. The van der Waals surface area contributed by atoms with E-state index in [1.807, 2.05) is 38.1 Å². The fourth-order valence-corrected chi connectivity index (χ4v) is 2.16. The second-order valence-corrected chi connectivity index (χ2v) is 4.92. The molecule has 1 unspecified atom stereocenters. The molecule has 0 aliphatic heterocycles. The Balaban J connectivity index is 2.25.